The Morgan fingerprint density at radius 1 is 1.56 bits per heavy atom. The van der Waals surface area contributed by atoms with Crippen molar-refractivity contribution in [1.29, 1.82) is 0 Å². The molecule has 3 N–H and O–H groups in total. The molecule has 0 aliphatic heterocycles. The molecule has 0 aliphatic carbocycles. The predicted octanol–water partition coefficient (Wildman–Crippen LogP) is -0.186. The highest BCUT2D eigenvalue weighted by molar-refractivity contribution is 5.75. The summed E-state index contributed by atoms with van der Waals surface area (Å²) in [4.78, 5) is 11.2. The summed E-state index contributed by atoms with van der Waals surface area (Å²) in [6.45, 7) is 0.496. The first kappa shape index (κ1) is 12.7. The van der Waals surface area contributed by atoms with Gasteiger partial charge in [0.1, 0.15) is 5.76 Å². The SMILES string of the molecule is O=C(CCCC(O)O)NCCc1ccno1. The lowest BCUT2D eigenvalue weighted by atomic mass is 10.2. The maximum atomic E-state index is 11.2. The van der Waals surface area contributed by atoms with Gasteiger partial charge in [-0.15, -0.1) is 0 Å². The van der Waals surface area contributed by atoms with E-state index < -0.39 is 6.29 Å². The molecule has 1 amide bonds. The standard InChI is InChI=1S/C10H16N2O4/c13-9(2-1-3-10(14)15)11-6-4-8-5-7-12-16-8/h5,7,10,14-15H,1-4,6H2,(H,11,13). The Morgan fingerprint density at radius 3 is 3.00 bits per heavy atom. The van der Waals surface area contributed by atoms with E-state index in [1.165, 1.54) is 0 Å². The van der Waals surface area contributed by atoms with Crippen LogP contribution in [0.15, 0.2) is 16.8 Å². The fraction of sp³-hybridized carbons (Fsp3) is 0.600. The van der Waals surface area contributed by atoms with Gasteiger partial charge in [-0.1, -0.05) is 5.16 Å². The van der Waals surface area contributed by atoms with Gasteiger partial charge in [-0.05, 0) is 12.8 Å². The molecule has 1 heterocycles. The van der Waals surface area contributed by atoms with Crippen LogP contribution in [0, 0.1) is 0 Å². The Balaban J connectivity index is 2.02. The van der Waals surface area contributed by atoms with Crippen molar-refractivity contribution >= 4 is 5.91 Å². The van der Waals surface area contributed by atoms with Gasteiger partial charge in [0.2, 0.25) is 5.91 Å². The Kier molecular flexibility index (Phi) is 5.52. The van der Waals surface area contributed by atoms with E-state index >= 15 is 0 Å². The summed E-state index contributed by atoms with van der Waals surface area (Å²) in [5, 5.41) is 23.4. The minimum atomic E-state index is -1.33. The second-order valence-electron chi connectivity index (χ2n) is 3.45. The van der Waals surface area contributed by atoms with Gasteiger partial charge in [0.25, 0.3) is 0 Å². The van der Waals surface area contributed by atoms with Crippen LogP contribution in [0.2, 0.25) is 0 Å². The summed E-state index contributed by atoms with van der Waals surface area (Å²) in [6.07, 6.45) is 1.81. The van der Waals surface area contributed by atoms with E-state index in [0.29, 0.717) is 25.8 Å². The molecule has 90 valence electrons. The molecular weight excluding hydrogens is 212 g/mol. The average molecular weight is 228 g/mol. The van der Waals surface area contributed by atoms with Gasteiger partial charge in [0.05, 0.1) is 6.20 Å². The van der Waals surface area contributed by atoms with Crippen LogP contribution < -0.4 is 5.32 Å². The van der Waals surface area contributed by atoms with Crippen molar-refractivity contribution in [2.24, 2.45) is 0 Å². The minimum absolute atomic E-state index is 0.0971. The molecule has 0 unspecified atom stereocenters. The number of nitrogens with one attached hydrogen (secondary N) is 1. The lowest BCUT2D eigenvalue weighted by Crippen LogP contribution is -2.25. The van der Waals surface area contributed by atoms with Crippen LogP contribution in [0.4, 0.5) is 0 Å². The monoisotopic (exact) mass is 228 g/mol. The van der Waals surface area contributed by atoms with Crippen LogP contribution in [-0.4, -0.2) is 34.1 Å². The van der Waals surface area contributed by atoms with Crippen molar-refractivity contribution in [3.8, 4) is 0 Å². The summed E-state index contributed by atoms with van der Waals surface area (Å²) in [6, 6.07) is 1.74. The molecule has 0 saturated heterocycles. The van der Waals surface area contributed by atoms with E-state index in [1.807, 2.05) is 0 Å². The van der Waals surface area contributed by atoms with Crippen molar-refractivity contribution in [3.63, 3.8) is 0 Å². The molecule has 0 aromatic carbocycles. The highest BCUT2D eigenvalue weighted by Gasteiger charge is 2.04. The van der Waals surface area contributed by atoms with Crippen LogP contribution >= 0.6 is 0 Å². The molecule has 1 aromatic rings. The van der Waals surface area contributed by atoms with Crippen molar-refractivity contribution < 1.29 is 19.5 Å². The van der Waals surface area contributed by atoms with E-state index in [4.69, 9.17) is 14.7 Å². The average Bonchev–Trinajstić information content (AvgIpc) is 2.70. The summed E-state index contributed by atoms with van der Waals surface area (Å²) < 4.78 is 4.86. The second-order valence-corrected chi connectivity index (χ2v) is 3.45. The number of carbonyl (C=O) groups excluding carboxylic acids is 1. The van der Waals surface area contributed by atoms with Crippen LogP contribution in [0.3, 0.4) is 0 Å². The van der Waals surface area contributed by atoms with E-state index in [0.717, 1.165) is 5.76 Å². The van der Waals surface area contributed by atoms with Crippen molar-refractivity contribution in [2.45, 2.75) is 32.0 Å². The zero-order valence-electron chi connectivity index (χ0n) is 8.93. The van der Waals surface area contributed by atoms with Crippen LogP contribution in [0.1, 0.15) is 25.0 Å². The van der Waals surface area contributed by atoms with Crippen molar-refractivity contribution in [1.82, 2.24) is 10.5 Å². The number of rotatable bonds is 7. The summed E-state index contributed by atoms with van der Waals surface area (Å²) >= 11 is 0. The zero-order chi connectivity index (χ0) is 11.8. The summed E-state index contributed by atoms with van der Waals surface area (Å²) in [7, 11) is 0. The molecule has 0 radical (unpaired) electrons. The molecule has 0 aliphatic rings. The fourth-order valence-corrected chi connectivity index (χ4v) is 1.23. The number of aromatic nitrogens is 1. The zero-order valence-corrected chi connectivity index (χ0v) is 8.93. The van der Waals surface area contributed by atoms with E-state index in [2.05, 4.69) is 10.5 Å². The van der Waals surface area contributed by atoms with Gasteiger partial charge >= 0.3 is 0 Å². The third-order valence-corrected chi connectivity index (χ3v) is 2.05. The molecule has 1 rings (SSSR count). The van der Waals surface area contributed by atoms with Crippen LogP contribution in [0.25, 0.3) is 0 Å². The van der Waals surface area contributed by atoms with Gasteiger partial charge in [0, 0.05) is 25.5 Å². The first-order valence-corrected chi connectivity index (χ1v) is 5.21. The van der Waals surface area contributed by atoms with Gasteiger partial charge < -0.3 is 20.1 Å². The van der Waals surface area contributed by atoms with Gasteiger partial charge in [-0.2, -0.15) is 0 Å². The third kappa shape index (κ3) is 5.47. The quantitative estimate of drug-likeness (QED) is 0.562. The third-order valence-electron chi connectivity index (χ3n) is 2.05. The number of aliphatic hydroxyl groups excluding tert-OH is 1. The number of nitrogens with zero attached hydrogens (tertiary/aromatic N) is 1. The predicted molar refractivity (Wildman–Crippen MR) is 55.3 cm³/mol. The second kappa shape index (κ2) is 6.97. The van der Waals surface area contributed by atoms with Crippen molar-refractivity contribution in [3.05, 3.63) is 18.0 Å². The van der Waals surface area contributed by atoms with Gasteiger partial charge in [-0.25, -0.2) is 0 Å². The Morgan fingerprint density at radius 2 is 2.38 bits per heavy atom. The fourth-order valence-electron chi connectivity index (χ4n) is 1.23. The number of hydrogen-bond donors (Lipinski definition) is 3. The van der Waals surface area contributed by atoms with E-state index in [-0.39, 0.29) is 12.3 Å². The molecule has 0 saturated carbocycles. The lowest BCUT2D eigenvalue weighted by molar-refractivity contribution is -0.121. The normalized spacial score (nSPS) is 10.7. The molecule has 0 fully saturated rings. The smallest absolute Gasteiger partial charge is 0.220 e. The molecular formula is C10H16N2O4. The molecule has 0 bridgehead atoms. The van der Waals surface area contributed by atoms with E-state index in [1.54, 1.807) is 12.3 Å². The molecule has 6 nitrogen and oxygen atoms in total. The van der Waals surface area contributed by atoms with Crippen LogP contribution in [0.5, 0.6) is 0 Å². The molecule has 16 heavy (non-hydrogen) atoms. The Bertz CT molecular complexity index is 298. The van der Waals surface area contributed by atoms with Crippen LogP contribution in [-0.2, 0) is 11.2 Å². The number of aliphatic hydroxyl groups is 2. The molecule has 0 atom stereocenters. The summed E-state index contributed by atoms with van der Waals surface area (Å²) in [5.41, 5.74) is 0. The lowest BCUT2D eigenvalue weighted by Gasteiger charge is -2.04. The maximum absolute atomic E-state index is 11.2. The highest BCUT2D eigenvalue weighted by atomic mass is 16.5. The molecule has 1 aromatic heterocycles. The van der Waals surface area contributed by atoms with Gasteiger partial charge in [-0.3, -0.25) is 4.79 Å². The largest absolute Gasteiger partial charge is 0.368 e. The Hall–Kier alpha value is -1.40. The van der Waals surface area contributed by atoms with E-state index in [9.17, 15) is 4.79 Å². The molecule has 6 heteroatoms. The highest BCUT2D eigenvalue weighted by Crippen LogP contribution is 1.99. The minimum Gasteiger partial charge on any atom is -0.368 e. The first-order chi connectivity index (χ1) is 7.68. The first-order valence-electron chi connectivity index (χ1n) is 5.21. The van der Waals surface area contributed by atoms with Gasteiger partial charge in [0.15, 0.2) is 6.29 Å². The number of amides is 1. The molecule has 0 spiro atoms. The number of carbonyl (C=O) groups is 1. The Labute approximate surface area is 93.3 Å². The van der Waals surface area contributed by atoms with Crippen molar-refractivity contribution in [2.75, 3.05) is 6.54 Å². The maximum Gasteiger partial charge on any atom is 0.220 e. The number of hydrogen-bond acceptors (Lipinski definition) is 5. The topological polar surface area (TPSA) is 95.6 Å². The summed E-state index contributed by atoms with van der Waals surface area (Å²) in [5.74, 6) is 0.631.